The summed E-state index contributed by atoms with van der Waals surface area (Å²) < 4.78 is 5.34. The normalized spacial score (nSPS) is 37.6. The van der Waals surface area contributed by atoms with Gasteiger partial charge in [0.25, 0.3) is 0 Å². The number of piperidine rings is 1. The Hall–Kier alpha value is -0.610. The Morgan fingerprint density at radius 2 is 2.55 bits per heavy atom. The average molecular weight is 158 g/mol. The van der Waals surface area contributed by atoms with Crippen molar-refractivity contribution in [3.8, 4) is 0 Å². The summed E-state index contributed by atoms with van der Waals surface area (Å²) in [6.07, 6.45) is 1.25. The van der Waals surface area contributed by atoms with E-state index in [1.54, 1.807) is 0 Å². The van der Waals surface area contributed by atoms with E-state index in [0.717, 1.165) is 19.5 Å². The fourth-order valence-electron chi connectivity index (χ4n) is 1.61. The molecule has 0 aliphatic carbocycles. The molecular weight excluding hydrogens is 144 g/mol. The second-order valence-corrected chi connectivity index (χ2v) is 3.02. The van der Waals surface area contributed by atoms with E-state index < -0.39 is 0 Å². The lowest BCUT2D eigenvalue weighted by Gasteiger charge is -2.35. The molecule has 2 unspecified atom stereocenters. The topological polar surface area (TPSA) is 50.4 Å². The maximum absolute atomic E-state index is 10.9. The van der Waals surface area contributed by atoms with Gasteiger partial charge in [0.1, 0.15) is 6.61 Å². The SMILES string of the molecule is O=C1COC2CCNCC2N1.[HH]. The molecule has 0 saturated carbocycles. The number of hydrogen-bond donors (Lipinski definition) is 2. The Morgan fingerprint density at radius 3 is 3.45 bits per heavy atom. The molecule has 2 aliphatic rings. The van der Waals surface area contributed by atoms with Gasteiger partial charge in [0, 0.05) is 7.97 Å². The molecule has 0 bridgehead atoms. The number of nitrogens with one attached hydrogen (secondary N) is 2. The van der Waals surface area contributed by atoms with Gasteiger partial charge in [-0.2, -0.15) is 0 Å². The van der Waals surface area contributed by atoms with Gasteiger partial charge in [-0.05, 0) is 13.0 Å². The van der Waals surface area contributed by atoms with Crippen LogP contribution in [0, 0.1) is 0 Å². The van der Waals surface area contributed by atoms with Gasteiger partial charge in [-0.25, -0.2) is 0 Å². The average Bonchev–Trinajstić information content (AvgIpc) is 2.04. The Bertz CT molecular complexity index is 177. The maximum atomic E-state index is 10.9. The summed E-state index contributed by atoms with van der Waals surface area (Å²) in [5.41, 5.74) is 0. The van der Waals surface area contributed by atoms with E-state index in [1.165, 1.54) is 0 Å². The third-order valence-electron chi connectivity index (χ3n) is 2.19. The number of amides is 1. The highest BCUT2D eigenvalue weighted by Gasteiger charge is 2.31. The van der Waals surface area contributed by atoms with Crippen molar-refractivity contribution in [1.29, 1.82) is 0 Å². The molecule has 0 radical (unpaired) electrons. The molecule has 2 saturated heterocycles. The lowest BCUT2D eigenvalue weighted by molar-refractivity contribution is -0.138. The molecule has 2 heterocycles. The first-order valence-electron chi connectivity index (χ1n) is 3.98. The summed E-state index contributed by atoms with van der Waals surface area (Å²) in [4.78, 5) is 10.9. The van der Waals surface area contributed by atoms with Crippen LogP contribution in [-0.4, -0.2) is 37.7 Å². The molecule has 2 atom stereocenters. The third kappa shape index (κ3) is 1.36. The number of carbonyl (C=O) groups excluding carboxylic acids is 1. The molecule has 0 aromatic carbocycles. The summed E-state index contributed by atoms with van der Waals surface area (Å²) in [6.45, 7) is 2.08. The van der Waals surface area contributed by atoms with Gasteiger partial charge in [0.15, 0.2) is 0 Å². The molecular formula is C7H14N2O2. The first-order valence-corrected chi connectivity index (χ1v) is 3.98. The van der Waals surface area contributed by atoms with Gasteiger partial charge < -0.3 is 15.4 Å². The smallest absolute Gasteiger partial charge is 0.246 e. The van der Waals surface area contributed by atoms with Crippen molar-refractivity contribution in [3.63, 3.8) is 0 Å². The molecule has 2 N–H and O–H groups in total. The number of ether oxygens (including phenoxy) is 1. The molecule has 0 spiro atoms. The summed E-state index contributed by atoms with van der Waals surface area (Å²) in [5, 5.41) is 6.10. The van der Waals surface area contributed by atoms with E-state index >= 15 is 0 Å². The van der Waals surface area contributed by atoms with Crippen molar-refractivity contribution in [3.05, 3.63) is 0 Å². The Balaban J connectivity index is 0.000000720. The zero-order valence-electron chi connectivity index (χ0n) is 6.30. The van der Waals surface area contributed by atoms with E-state index in [0.29, 0.717) is 0 Å². The third-order valence-corrected chi connectivity index (χ3v) is 2.19. The van der Waals surface area contributed by atoms with Crippen molar-refractivity contribution in [1.82, 2.24) is 10.6 Å². The summed E-state index contributed by atoms with van der Waals surface area (Å²) >= 11 is 0. The van der Waals surface area contributed by atoms with Crippen molar-refractivity contribution in [2.75, 3.05) is 19.7 Å². The van der Waals surface area contributed by atoms with Crippen molar-refractivity contribution >= 4 is 5.91 Å². The highest BCUT2D eigenvalue weighted by atomic mass is 16.5. The Kier molecular flexibility index (Phi) is 1.79. The molecule has 2 fully saturated rings. The van der Waals surface area contributed by atoms with Gasteiger partial charge in [0.2, 0.25) is 5.91 Å². The molecule has 2 aliphatic heterocycles. The maximum Gasteiger partial charge on any atom is 0.246 e. The van der Waals surface area contributed by atoms with Gasteiger partial charge >= 0.3 is 0 Å². The second kappa shape index (κ2) is 2.79. The standard InChI is InChI=1S/C7H12N2O2.H2/c10-7-4-11-6-1-2-8-3-5(6)9-7;/h5-6,8H,1-4H2,(H,9,10);1H. The number of carbonyl (C=O) groups is 1. The highest BCUT2D eigenvalue weighted by molar-refractivity contribution is 5.78. The summed E-state index contributed by atoms with van der Waals surface area (Å²) in [6, 6.07) is 0.199. The molecule has 2 rings (SSSR count). The van der Waals surface area contributed by atoms with Crippen molar-refractivity contribution in [2.45, 2.75) is 18.6 Å². The van der Waals surface area contributed by atoms with E-state index in [1.807, 2.05) is 0 Å². The minimum atomic E-state index is 0. The van der Waals surface area contributed by atoms with Crippen LogP contribution in [0.25, 0.3) is 0 Å². The van der Waals surface area contributed by atoms with Crippen LogP contribution in [0.2, 0.25) is 0 Å². The number of fused-ring (bicyclic) bond motifs is 1. The van der Waals surface area contributed by atoms with Crippen LogP contribution < -0.4 is 10.6 Å². The number of morpholine rings is 1. The molecule has 64 valence electrons. The fraction of sp³-hybridized carbons (Fsp3) is 0.857. The fourth-order valence-corrected chi connectivity index (χ4v) is 1.61. The monoisotopic (exact) mass is 158 g/mol. The van der Waals surface area contributed by atoms with Crippen LogP contribution in [0.5, 0.6) is 0 Å². The van der Waals surface area contributed by atoms with E-state index in [9.17, 15) is 4.79 Å². The van der Waals surface area contributed by atoms with Crippen LogP contribution >= 0.6 is 0 Å². The van der Waals surface area contributed by atoms with Crippen molar-refractivity contribution < 1.29 is 11.0 Å². The second-order valence-electron chi connectivity index (χ2n) is 3.02. The van der Waals surface area contributed by atoms with Crippen LogP contribution in [0.4, 0.5) is 0 Å². The predicted molar refractivity (Wildman–Crippen MR) is 41.3 cm³/mol. The summed E-state index contributed by atoms with van der Waals surface area (Å²) in [7, 11) is 0. The van der Waals surface area contributed by atoms with Crippen LogP contribution in [-0.2, 0) is 9.53 Å². The zero-order valence-corrected chi connectivity index (χ0v) is 6.30. The lowest BCUT2D eigenvalue weighted by atomic mass is 10.0. The molecule has 4 heteroatoms. The van der Waals surface area contributed by atoms with Crippen LogP contribution in [0.3, 0.4) is 0 Å². The minimum absolute atomic E-state index is 0. The van der Waals surface area contributed by atoms with Crippen LogP contribution in [0.15, 0.2) is 0 Å². The first kappa shape index (κ1) is 7.06. The Labute approximate surface area is 66.8 Å². The number of hydrogen-bond acceptors (Lipinski definition) is 3. The number of rotatable bonds is 0. The highest BCUT2D eigenvalue weighted by Crippen LogP contribution is 2.11. The largest absolute Gasteiger partial charge is 0.366 e. The van der Waals surface area contributed by atoms with E-state index in [4.69, 9.17) is 4.74 Å². The first-order chi connectivity index (χ1) is 5.36. The molecule has 4 nitrogen and oxygen atoms in total. The molecule has 0 aromatic rings. The summed E-state index contributed by atoms with van der Waals surface area (Å²) in [5.74, 6) is 0.00921. The quantitative estimate of drug-likeness (QED) is 0.481. The molecule has 11 heavy (non-hydrogen) atoms. The zero-order chi connectivity index (χ0) is 7.68. The van der Waals surface area contributed by atoms with Gasteiger partial charge in [0.05, 0.1) is 12.1 Å². The van der Waals surface area contributed by atoms with Gasteiger partial charge in [-0.15, -0.1) is 0 Å². The molecule has 0 aromatic heterocycles. The lowest BCUT2D eigenvalue weighted by Crippen LogP contribution is -2.59. The van der Waals surface area contributed by atoms with Gasteiger partial charge in [-0.3, -0.25) is 4.79 Å². The molecule has 1 amide bonds. The van der Waals surface area contributed by atoms with E-state index in [-0.39, 0.29) is 26.1 Å². The van der Waals surface area contributed by atoms with Crippen molar-refractivity contribution in [2.24, 2.45) is 0 Å². The predicted octanol–water partition coefficient (Wildman–Crippen LogP) is -0.891. The minimum Gasteiger partial charge on any atom is -0.366 e. The Morgan fingerprint density at radius 1 is 1.64 bits per heavy atom. The van der Waals surface area contributed by atoms with E-state index in [2.05, 4.69) is 10.6 Å². The van der Waals surface area contributed by atoms with Crippen LogP contribution in [0.1, 0.15) is 7.85 Å². The van der Waals surface area contributed by atoms with Gasteiger partial charge in [-0.1, -0.05) is 0 Å².